The molecule has 1 amide bonds. The summed E-state index contributed by atoms with van der Waals surface area (Å²) in [4.78, 5) is 12.3. The van der Waals surface area contributed by atoms with Crippen LogP contribution in [0.4, 0.5) is 0 Å². The predicted molar refractivity (Wildman–Crippen MR) is 123 cm³/mol. The van der Waals surface area contributed by atoms with Crippen LogP contribution < -0.4 is 5.32 Å². The SMILES string of the molecule is CCCCCC(=O)NC(C)c1nnc(SCc2ccccc2)n1-c1ccc(C)cc1. The molecular formula is C24H30N4OS. The first-order chi connectivity index (χ1) is 14.6. The number of aromatic nitrogens is 3. The van der Waals surface area contributed by atoms with Crippen LogP contribution in [0.1, 0.15) is 62.5 Å². The van der Waals surface area contributed by atoms with Gasteiger partial charge in [-0.2, -0.15) is 0 Å². The molecule has 1 heterocycles. The number of nitrogens with zero attached hydrogens (tertiary/aromatic N) is 3. The maximum absolute atomic E-state index is 12.3. The molecule has 158 valence electrons. The largest absolute Gasteiger partial charge is 0.346 e. The third kappa shape index (κ3) is 5.95. The van der Waals surface area contributed by atoms with Gasteiger partial charge >= 0.3 is 0 Å². The molecule has 1 atom stereocenters. The lowest BCUT2D eigenvalue weighted by Gasteiger charge is -2.16. The molecule has 2 aromatic carbocycles. The molecule has 1 unspecified atom stereocenters. The highest BCUT2D eigenvalue weighted by molar-refractivity contribution is 7.98. The van der Waals surface area contributed by atoms with Gasteiger partial charge < -0.3 is 5.32 Å². The summed E-state index contributed by atoms with van der Waals surface area (Å²) >= 11 is 1.65. The highest BCUT2D eigenvalue weighted by Gasteiger charge is 2.21. The predicted octanol–water partition coefficient (Wildman–Crippen LogP) is 5.63. The van der Waals surface area contributed by atoms with E-state index in [0.717, 1.165) is 41.7 Å². The minimum Gasteiger partial charge on any atom is -0.346 e. The summed E-state index contributed by atoms with van der Waals surface area (Å²) in [6, 6.07) is 18.4. The van der Waals surface area contributed by atoms with Crippen LogP contribution in [0.25, 0.3) is 5.69 Å². The second-order valence-electron chi connectivity index (χ2n) is 7.53. The van der Waals surface area contributed by atoms with Crippen molar-refractivity contribution in [2.45, 2.75) is 63.4 Å². The number of carbonyl (C=O) groups is 1. The number of hydrogen-bond acceptors (Lipinski definition) is 4. The van der Waals surface area contributed by atoms with Gasteiger partial charge in [0.2, 0.25) is 5.91 Å². The molecule has 0 saturated heterocycles. The lowest BCUT2D eigenvalue weighted by molar-refractivity contribution is -0.121. The second-order valence-corrected chi connectivity index (χ2v) is 8.47. The molecule has 30 heavy (non-hydrogen) atoms. The van der Waals surface area contributed by atoms with Gasteiger partial charge in [-0.15, -0.1) is 10.2 Å². The second kappa shape index (κ2) is 11.0. The summed E-state index contributed by atoms with van der Waals surface area (Å²) < 4.78 is 2.06. The van der Waals surface area contributed by atoms with Gasteiger partial charge in [-0.25, -0.2) is 0 Å². The summed E-state index contributed by atoms with van der Waals surface area (Å²) in [6.07, 6.45) is 3.64. The molecule has 3 rings (SSSR count). The average Bonchev–Trinajstić information content (AvgIpc) is 3.18. The summed E-state index contributed by atoms with van der Waals surface area (Å²) in [5.74, 6) is 1.62. The maximum Gasteiger partial charge on any atom is 0.220 e. The molecule has 0 radical (unpaired) electrons. The molecule has 5 nitrogen and oxygen atoms in total. The van der Waals surface area contributed by atoms with E-state index in [1.54, 1.807) is 11.8 Å². The number of thioether (sulfide) groups is 1. The fraction of sp³-hybridized carbons (Fsp3) is 0.375. The lowest BCUT2D eigenvalue weighted by Crippen LogP contribution is -2.28. The number of carbonyl (C=O) groups excluding carboxylic acids is 1. The first-order valence-electron chi connectivity index (χ1n) is 10.6. The topological polar surface area (TPSA) is 59.8 Å². The van der Waals surface area contributed by atoms with E-state index >= 15 is 0 Å². The minimum atomic E-state index is -0.223. The number of rotatable bonds is 10. The molecule has 0 aliphatic rings. The molecule has 3 aromatic rings. The Morgan fingerprint density at radius 2 is 1.80 bits per heavy atom. The van der Waals surface area contributed by atoms with E-state index in [0.29, 0.717) is 6.42 Å². The Balaban J connectivity index is 1.82. The van der Waals surface area contributed by atoms with Crippen molar-refractivity contribution in [3.05, 3.63) is 71.5 Å². The summed E-state index contributed by atoms with van der Waals surface area (Å²) in [7, 11) is 0. The molecule has 0 aliphatic heterocycles. The van der Waals surface area contributed by atoms with Crippen molar-refractivity contribution in [3.8, 4) is 5.69 Å². The van der Waals surface area contributed by atoms with Crippen molar-refractivity contribution >= 4 is 17.7 Å². The number of hydrogen-bond donors (Lipinski definition) is 1. The van der Waals surface area contributed by atoms with E-state index in [2.05, 4.69) is 70.3 Å². The standard InChI is InChI=1S/C24H30N4OS/c1-4-5-7-12-22(29)25-19(3)23-26-27-24(30-17-20-10-8-6-9-11-20)28(23)21-15-13-18(2)14-16-21/h6,8-11,13-16,19H,4-5,7,12,17H2,1-3H3,(H,25,29). The molecule has 0 bridgehead atoms. The van der Waals surface area contributed by atoms with Gasteiger partial charge in [0.15, 0.2) is 11.0 Å². The minimum absolute atomic E-state index is 0.0629. The van der Waals surface area contributed by atoms with Crippen LogP contribution in [-0.4, -0.2) is 20.7 Å². The number of amides is 1. The van der Waals surface area contributed by atoms with E-state index in [9.17, 15) is 4.79 Å². The molecule has 0 saturated carbocycles. The first-order valence-corrected chi connectivity index (χ1v) is 11.6. The van der Waals surface area contributed by atoms with E-state index in [-0.39, 0.29) is 11.9 Å². The zero-order valence-electron chi connectivity index (χ0n) is 18.0. The zero-order valence-corrected chi connectivity index (χ0v) is 18.8. The smallest absolute Gasteiger partial charge is 0.220 e. The normalized spacial score (nSPS) is 12.0. The van der Waals surface area contributed by atoms with Gasteiger partial charge in [-0.05, 0) is 38.0 Å². The van der Waals surface area contributed by atoms with Crippen molar-refractivity contribution < 1.29 is 4.79 Å². The number of unbranched alkanes of at least 4 members (excludes halogenated alkanes) is 2. The Bertz CT molecular complexity index is 938. The third-order valence-corrected chi connectivity index (χ3v) is 5.93. The Hall–Kier alpha value is -2.60. The van der Waals surface area contributed by atoms with Crippen molar-refractivity contribution in [3.63, 3.8) is 0 Å². The zero-order chi connectivity index (χ0) is 21.3. The van der Waals surface area contributed by atoms with Crippen molar-refractivity contribution in [1.82, 2.24) is 20.1 Å². The van der Waals surface area contributed by atoms with Crippen molar-refractivity contribution in [2.24, 2.45) is 0 Å². The summed E-state index contributed by atoms with van der Waals surface area (Å²) in [5, 5.41) is 12.8. The molecule has 0 spiro atoms. The summed E-state index contributed by atoms with van der Waals surface area (Å²) in [6.45, 7) is 6.18. The molecule has 1 aromatic heterocycles. The number of benzene rings is 2. The quantitative estimate of drug-likeness (QED) is 0.340. The average molecular weight is 423 g/mol. The molecule has 1 N–H and O–H groups in total. The fourth-order valence-corrected chi connectivity index (χ4v) is 4.14. The van der Waals surface area contributed by atoms with Gasteiger partial charge in [0.05, 0.1) is 6.04 Å². The lowest BCUT2D eigenvalue weighted by atomic mass is 10.2. The highest BCUT2D eigenvalue weighted by Crippen LogP contribution is 2.27. The van der Waals surface area contributed by atoms with Gasteiger partial charge in [0.25, 0.3) is 0 Å². The van der Waals surface area contributed by atoms with Crippen molar-refractivity contribution in [2.75, 3.05) is 0 Å². The Morgan fingerprint density at radius 1 is 1.07 bits per heavy atom. The molecule has 0 fully saturated rings. The highest BCUT2D eigenvalue weighted by atomic mass is 32.2. The van der Waals surface area contributed by atoms with E-state index in [1.807, 2.05) is 25.1 Å². The monoisotopic (exact) mass is 422 g/mol. The van der Waals surface area contributed by atoms with Crippen molar-refractivity contribution in [1.29, 1.82) is 0 Å². The van der Waals surface area contributed by atoms with E-state index in [4.69, 9.17) is 0 Å². The van der Waals surface area contributed by atoms with Crippen LogP contribution in [-0.2, 0) is 10.5 Å². The van der Waals surface area contributed by atoms with Crippen LogP contribution in [0.3, 0.4) is 0 Å². The first kappa shape index (κ1) is 22.1. The molecule has 0 aliphatic carbocycles. The number of nitrogens with one attached hydrogen (secondary N) is 1. The molecule has 6 heteroatoms. The Labute approximate surface area is 183 Å². The van der Waals surface area contributed by atoms with Crippen LogP contribution in [0.15, 0.2) is 59.8 Å². The number of aryl methyl sites for hydroxylation is 1. The maximum atomic E-state index is 12.3. The Morgan fingerprint density at radius 3 is 2.50 bits per heavy atom. The fourth-order valence-electron chi connectivity index (χ4n) is 3.23. The summed E-state index contributed by atoms with van der Waals surface area (Å²) in [5.41, 5.74) is 3.44. The van der Waals surface area contributed by atoms with Gasteiger partial charge in [-0.3, -0.25) is 9.36 Å². The van der Waals surface area contributed by atoms with Crippen LogP contribution >= 0.6 is 11.8 Å². The molecular weight excluding hydrogens is 392 g/mol. The van der Waals surface area contributed by atoms with Crippen LogP contribution in [0, 0.1) is 6.92 Å². The van der Waals surface area contributed by atoms with E-state index in [1.165, 1.54) is 11.1 Å². The van der Waals surface area contributed by atoms with Crippen LogP contribution in [0.2, 0.25) is 0 Å². The van der Waals surface area contributed by atoms with Gasteiger partial charge in [0.1, 0.15) is 0 Å². The van der Waals surface area contributed by atoms with Gasteiger partial charge in [0, 0.05) is 17.9 Å². The van der Waals surface area contributed by atoms with Crippen LogP contribution in [0.5, 0.6) is 0 Å². The van der Waals surface area contributed by atoms with Gasteiger partial charge in [-0.1, -0.05) is 79.6 Å². The Kier molecular flexibility index (Phi) is 8.08. The third-order valence-electron chi connectivity index (χ3n) is 4.93. The van der Waals surface area contributed by atoms with E-state index < -0.39 is 0 Å².